The van der Waals surface area contributed by atoms with Crippen LogP contribution in [0, 0.1) is 5.82 Å². The molecule has 2 heterocycles. The molecule has 0 saturated carbocycles. The van der Waals surface area contributed by atoms with Crippen molar-refractivity contribution >= 4 is 11.8 Å². The summed E-state index contributed by atoms with van der Waals surface area (Å²) in [7, 11) is 0. The quantitative estimate of drug-likeness (QED) is 0.884. The first-order chi connectivity index (χ1) is 12.6. The van der Waals surface area contributed by atoms with E-state index in [1.807, 2.05) is 0 Å². The topological polar surface area (TPSA) is 71.5 Å². The van der Waals surface area contributed by atoms with Crippen molar-refractivity contribution in [1.29, 1.82) is 0 Å². The fourth-order valence-corrected chi connectivity index (χ4v) is 2.70. The minimum atomic E-state index is -0.295. The van der Waals surface area contributed by atoms with Crippen LogP contribution in [0.1, 0.15) is 26.3 Å². The van der Waals surface area contributed by atoms with E-state index in [4.69, 9.17) is 4.74 Å². The first-order valence-electron chi connectivity index (χ1n) is 8.48. The number of nitrogens with zero attached hydrogens (tertiary/aromatic N) is 2. The van der Waals surface area contributed by atoms with Crippen molar-refractivity contribution in [3.63, 3.8) is 0 Å². The molecule has 26 heavy (non-hydrogen) atoms. The standard InChI is InChI=1S/C19H20FN3O3/c20-17-3-1-14(2-4-17)5-6-22-18(24)15-11-16(13-21-12-15)19(25)23-7-9-26-10-8-23/h1-4,11-13H,5-10H2,(H,22,24). The molecule has 2 aromatic rings. The third-order valence-corrected chi connectivity index (χ3v) is 4.16. The molecule has 2 amide bonds. The highest BCUT2D eigenvalue weighted by Crippen LogP contribution is 2.09. The van der Waals surface area contributed by atoms with Gasteiger partial charge in [0.1, 0.15) is 5.82 Å². The van der Waals surface area contributed by atoms with Gasteiger partial charge in [-0.25, -0.2) is 4.39 Å². The zero-order valence-electron chi connectivity index (χ0n) is 14.3. The summed E-state index contributed by atoms with van der Waals surface area (Å²) in [5, 5.41) is 2.79. The lowest BCUT2D eigenvalue weighted by atomic mass is 10.1. The Morgan fingerprint density at radius 3 is 2.54 bits per heavy atom. The van der Waals surface area contributed by atoms with Gasteiger partial charge in [0.15, 0.2) is 0 Å². The number of hydrogen-bond donors (Lipinski definition) is 1. The number of benzene rings is 1. The molecule has 0 spiro atoms. The Balaban J connectivity index is 1.57. The second-order valence-corrected chi connectivity index (χ2v) is 6.00. The van der Waals surface area contributed by atoms with Crippen LogP contribution in [0.25, 0.3) is 0 Å². The molecule has 6 nitrogen and oxygen atoms in total. The number of amides is 2. The van der Waals surface area contributed by atoms with Crippen molar-refractivity contribution in [2.24, 2.45) is 0 Å². The summed E-state index contributed by atoms with van der Waals surface area (Å²) in [6.07, 6.45) is 3.49. The smallest absolute Gasteiger partial charge is 0.255 e. The predicted octanol–water partition coefficient (Wildman–Crippen LogP) is 1.67. The normalized spacial score (nSPS) is 14.1. The van der Waals surface area contributed by atoms with Crippen LogP contribution in [0.5, 0.6) is 0 Å². The largest absolute Gasteiger partial charge is 0.378 e. The zero-order valence-corrected chi connectivity index (χ0v) is 14.3. The van der Waals surface area contributed by atoms with E-state index in [0.717, 1.165) is 5.56 Å². The van der Waals surface area contributed by atoms with Gasteiger partial charge in [0.25, 0.3) is 11.8 Å². The van der Waals surface area contributed by atoms with Crippen LogP contribution in [-0.2, 0) is 11.2 Å². The maximum atomic E-state index is 12.9. The van der Waals surface area contributed by atoms with Gasteiger partial charge in [0.2, 0.25) is 0 Å². The molecule has 0 radical (unpaired) electrons. The van der Waals surface area contributed by atoms with Gasteiger partial charge in [-0.3, -0.25) is 14.6 Å². The zero-order chi connectivity index (χ0) is 18.4. The van der Waals surface area contributed by atoms with Crippen LogP contribution in [0.4, 0.5) is 4.39 Å². The number of halogens is 1. The van der Waals surface area contributed by atoms with Crippen molar-refractivity contribution in [3.8, 4) is 0 Å². The molecular weight excluding hydrogens is 337 g/mol. The lowest BCUT2D eigenvalue weighted by molar-refractivity contribution is 0.0302. The first kappa shape index (κ1) is 18.0. The van der Waals surface area contributed by atoms with Crippen LogP contribution < -0.4 is 5.32 Å². The molecule has 1 aromatic heterocycles. The van der Waals surface area contributed by atoms with Gasteiger partial charge in [0.05, 0.1) is 24.3 Å². The van der Waals surface area contributed by atoms with Gasteiger partial charge in [-0.05, 0) is 30.2 Å². The molecule has 3 rings (SSSR count). The second kappa shape index (κ2) is 8.53. The molecule has 0 unspecified atom stereocenters. The summed E-state index contributed by atoms with van der Waals surface area (Å²) in [5.41, 5.74) is 1.65. The Bertz CT molecular complexity index is 774. The van der Waals surface area contributed by atoms with Crippen LogP contribution in [0.3, 0.4) is 0 Å². The van der Waals surface area contributed by atoms with E-state index in [2.05, 4.69) is 10.3 Å². The lowest BCUT2D eigenvalue weighted by Crippen LogP contribution is -2.40. The molecule has 136 valence electrons. The summed E-state index contributed by atoms with van der Waals surface area (Å²) in [5.74, 6) is -0.733. The van der Waals surface area contributed by atoms with Crippen LogP contribution >= 0.6 is 0 Å². The van der Waals surface area contributed by atoms with E-state index in [0.29, 0.717) is 50.4 Å². The van der Waals surface area contributed by atoms with Crippen molar-refractivity contribution in [1.82, 2.24) is 15.2 Å². The lowest BCUT2D eigenvalue weighted by Gasteiger charge is -2.26. The number of morpholine rings is 1. The maximum Gasteiger partial charge on any atom is 0.255 e. The number of carbonyl (C=O) groups excluding carboxylic acids is 2. The molecule has 1 aromatic carbocycles. The molecule has 0 bridgehead atoms. The monoisotopic (exact) mass is 357 g/mol. The van der Waals surface area contributed by atoms with Gasteiger partial charge < -0.3 is 15.0 Å². The average molecular weight is 357 g/mol. The van der Waals surface area contributed by atoms with Crippen molar-refractivity contribution < 1.29 is 18.7 Å². The SMILES string of the molecule is O=C(NCCc1ccc(F)cc1)c1cncc(C(=O)N2CCOCC2)c1. The highest BCUT2D eigenvalue weighted by atomic mass is 19.1. The summed E-state index contributed by atoms with van der Waals surface area (Å²) < 4.78 is 18.1. The molecule has 7 heteroatoms. The molecule has 0 aliphatic carbocycles. The number of ether oxygens (including phenoxy) is 1. The van der Waals surface area contributed by atoms with E-state index < -0.39 is 0 Å². The number of nitrogens with one attached hydrogen (secondary N) is 1. The summed E-state index contributed by atoms with van der Waals surface area (Å²) in [4.78, 5) is 30.5. The fraction of sp³-hybridized carbons (Fsp3) is 0.316. The average Bonchev–Trinajstić information content (AvgIpc) is 2.69. The molecule has 0 atom stereocenters. The van der Waals surface area contributed by atoms with Crippen molar-refractivity contribution in [2.45, 2.75) is 6.42 Å². The van der Waals surface area contributed by atoms with Gasteiger partial charge in [-0.1, -0.05) is 12.1 Å². The molecule has 1 aliphatic heterocycles. The Kier molecular flexibility index (Phi) is 5.91. The fourth-order valence-electron chi connectivity index (χ4n) is 2.70. The highest BCUT2D eigenvalue weighted by molar-refractivity contribution is 5.99. The van der Waals surface area contributed by atoms with Crippen LogP contribution in [0.15, 0.2) is 42.7 Å². The molecule has 1 aliphatic rings. The maximum absolute atomic E-state index is 12.9. The Morgan fingerprint density at radius 1 is 1.12 bits per heavy atom. The Hall–Kier alpha value is -2.80. The Labute approximate surface area is 151 Å². The van der Waals surface area contributed by atoms with Crippen LogP contribution in [0.2, 0.25) is 0 Å². The third kappa shape index (κ3) is 4.64. The van der Waals surface area contributed by atoms with E-state index >= 15 is 0 Å². The van der Waals surface area contributed by atoms with Crippen molar-refractivity contribution in [2.75, 3.05) is 32.8 Å². The van der Waals surface area contributed by atoms with E-state index in [-0.39, 0.29) is 17.6 Å². The van der Waals surface area contributed by atoms with Crippen LogP contribution in [-0.4, -0.2) is 54.5 Å². The number of aromatic nitrogens is 1. The highest BCUT2D eigenvalue weighted by Gasteiger charge is 2.19. The minimum Gasteiger partial charge on any atom is -0.378 e. The number of carbonyl (C=O) groups is 2. The Morgan fingerprint density at radius 2 is 1.81 bits per heavy atom. The van der Waals surface area contributed by atoms with E-state index in [1.165, 1.54) is 24.5 Å². The summed E-state index contributed by atoms with van der Waals surface area (Å²) >= 11 is 0. The molecule has 1 saturated heterocycles. The molecule has 1 fully saturated rings. The van der Waals surface area contributed by atoms with Crippen molar-refractivity contribution in [3.05, 3.63) is 65.2 Å². The minimum absolute atomic E-state index is 0.151. The predicted molar refractivity (Wildman–Crippen MR) is 93.4 cm³/mol. The number of pyridine rings is 1. The van der Waals surface area contributed by atoms with Gasteiger partial charge >= 0.3 is 0 Å². The van der Waals surface area contributed by atoms with E-state index in [9.17, 15) is 14.0 Å². The second-order valence-electron chi connectivity index (χ2n) is 6.00. The number of rotatable bonds is 5. The summed E-state index contributed by atoms with van der Waals surface area (Å²) in [6, 6.07) is 7.71. The van der Waals surface area contributed by atoms with E-state index in [1.54, 1.807) is 23.1 Å². The number of hydrogen-bond acceptors (Lipinski definition) is 4. The van der Waals surface area contributed by atoms with Gasteiger partial charge in [-0.2, -0.15) is 0 Å². The third-order valence-electron chi connectivity index (χ3n) is 4.16. The molecule has 1 N–H and O–H groups in total. The van der Waals surface area contributed by atoms with Gasteiger partial charge in [0, 0.05) is 32.0 Å². The molecular formula is C19H20FN3O3. The van der Waals surface area contributed by atoms with Gasteiger partial charge in [-0.15, -0.1) is 0 Å². The first-order valence-corrected chi connectivity index (χ1v) is 8.48. The summed E-state index contributed by atoms with van der Waals surface area (Å²) in [6.45, 7) is 2.51.